The molecule has 1 rings (SSSR count). The van der Waals surface area contributed by atoms with Crippen LogP contribution in [-0.2, 0) is 0 Å². The van der Waals surface area contributed by atoms with Crippen LogP contribution in [0.2, 0.25) is 0 Å². The molecule has 5 heteroatoms. The van der Waals surface area contributed by atoms with Crippen molar-refractivity contribution >= 4 is 34.9 Å². The minimum atomic E-state index is 1.11. The van der Waals surface area contributed by atoms with E-state index >= 15 is 0 Å². The first-order valence-corrected chi connectivity index (χ1v) is 7.24. The number of hydrogen-bond acceptors (Lipinski definition) is 5. The van der Waals surface area contributed by atoms with Gasteiger partial charge in [0, 0.05) is 11.5 Å². The molecular weight excluding hydrogens is 220 g/mol. The van der Waals surface area contributed by atoms with Crippen molar-refractivity contribution < 1.29 is 0 Å². The van der Waals surface area contributed by atoms with E-state index < -0.39 is 0 Å². The lowest BCUT2D eigenvalue weighted by molar-refractivity contribution is 0.951. The van der Waals surface area contributed by atoms with E-state index in [-0.39, 0.29) is 0 Å². The van der Waals surface area contributed by atoms with Crippen molar-refractivity contribution in [2.75, 3.05) is 11.5 Å². The Hall–Kier alpha value is 0.260. The minimum absolute atomic E-state index is 1.11. The smallest absolute Gasteiger partial charge is 0.131 e. The highest BCUT2D eigenvalue weighted by Gasteiger charge is 2.03. The van der Waals surface area contributed by atoms with Gasteiger partial charge in [0.25, 0.3) is 0 Å². The molecule has 0 radical (unpaired) electrons. The van der Waals surface area contributed by atoms with Crippen LogP contribution in [0.1, 0.15) is 26.7 Å². The first-order valence-electron chi connectivity index (χ1n) is 4.46. The first kappa shape index (κ1) is 11.3. The molecule has 0 spiro atoms. The van der Waals surface area contributed by atoms with Crippen molar-refractivity contribution in [2.45, 2.75) is 35.4 Å². The molecule has 0 aliphatic heterocycles. The van der Waals surface area contributed by atoms with Crippen molar-refractivity contribution in [3.8, 4) is 0 Å². The summed E-state index contributed by atoms with van der Waals surface area (Å²) in [6.45, 7) is 4.36. The third kappa shape index (κ3) is 4.33. The Morgan fingerprint density at radius 2 is 1.46 bits per heavy atom. The van der Waals surface area contributed by atoms with Gasteiger partial charge < -0.3 is 0 Å². The summed E-state index contributed by atoms with van der Waals surface area (Å²) in [6.07, 6.45) is 2.39. The zero-order chi connectivity index (χ0) is 9.52. The van der Waals surface area contributed by atoms with Crippen molar-refractivity contribution in [1.82, 2.24) is 10.2 Å². The van der Waals surface area contributed by atoms with Crippen LogP contribution >= 0.6 is 34.9 Å². The van der Waals surface area contributed by atoms with E-state index in [4.69, 9.17) is 0 Å². The van der Waals surface area contributed by atoms with Crippen LogP contribution in [-0.4, -0.2) is 21.7 Å². The largest absolute Gasteiger partial charge is 0.175 e. The van der Waals surface area contributed by atoms with E-state index in [1.54, 1.807) is 34.9 Å². The summed E-state index contributed by atoms with van der Waals surface area (Å²) in [5.41, 5.74) is 0. The fraction of sp³-hybridized carbons (Fsp3) is 0.750. The van der Waals surface area contributed by atoms with Crippen LogP contribution in [0.3, 0.4) is 0 Å². The second kappa shape index (κ2) is 6.68. The molecular formula is C8H14N2S3. The lowest BCUT2D eigenvalue weighted by Crippen LogP contribution is -1.75. The summed E-state index contributed by atoms with van der Waals surface area (Å²) in [4.78, 5) is 0. The Morgan fingerprint density at radius 1 is 1.00 bits per heavy atom. The van der Waals surface area contributed by atoms with Gasteiger partial charge in [-0.2, -0.15) is 0 Å². The lowest BCUT2D eigenvalue weighted by atomic mass is 10.6. The van der Waals surface area contributed by atoms with Gasteiger partial charge in [-0.25, -0.2) is 0 Å². The SMILES string of the molecule is CCCSc1nnc(SCCC)s1. The number of thioether (sulfide) groups is 2. The van der Waals surface area contributed by atoms with Crippen LogP contribution in [0.4, 0.5) is 0 Å². The van der Waals surface area contributed by atoms with Crippen molar-refractivity contribution in [3.63, 3.8) is 0 Å². The maximum Gasteiger partial charge on any atom is 0.175 e. The zero-order valence-electron chi connectivity index (χ0n) is 7.95. The van der Waals surface area contributed by atoms with Gasteiger partial charge in [0.15, 0.2) is 8.68 Å². The van der Waals surface area contributed by atoms with E-state index in [0.29, 0.717) is 0 Å². The van der Waals surface area contributed by atoms with Crippen LogP contribution in [0.15, 0.2) is 8.68 Å². The molecule has 0 aliphatic carbocycles. The van der Waals surface area contributed by atoms with Crippen LogP contribution in [0, 0.1) is 0 Å². The van der Waals surface area contributed by atoms with Gasteiger partial charge in [0.2, 0.25) is 0 Å². The van der Waals surface area contributed by atoms with Gasteiger partial charge >= 0.3 is 0 Å². The number of aromatic nitrogens is 2. The van der Waals surface area contributed by atoms with Gasteiger partial charge in [-0.3, -0.25) is 0 Å². The van der Waals surface area contributed by atoms with Crippen molar-refractivity contribution in [2.24, 2.45) is 0 Å². The molecule has 1 aromatic heterocycles. The molecule has 1 aromatic rings. The molecule has 0 saturated carbocycles. The molecule has 0 saturated heterocycles. The second-order valence-corrected chi connectivity index (χ2v) is 6.19. The van der Waals surface area contributed by atoms with E-state index in [0.717, 1.165) is 20.2 Å². The van der Waals surface area contributed by atoms with E-state index in [2.05, 4.69) is 24.0 Å². The van der Waals surface area contributed by atoms with Gasteiger partial charge in [0.05, 0.1) is 0 Å². The Kier molecular flexibility index (Phi) is 5.82. The van der Waals surface area contributed by atoms with Gasteiger partial charge in [-0.05, 0) is 12.8 Å². The fourth-order valence-corrected chi connectivity index (χ4v) is 3.56. The van der Waals surface area contributed by atoms with Crippen LogP contribution < -0.4 is 0 Å². The summed E-state index contributed by atoms with van der Waals surface area (Å²) in [5.74, 6) is 2.29. The maximum atomic E-state index is 4.12. The van der Waals surface area contributed by atoms with Crippen LogP contribution in [0.25, 0.3) is 0 Å². The highest BCUT2D eigenvalue weighted by Crippen LogP contribution is 2.29. The molecule has 2 nitrogen and oxygen atoms in total. The summed E-state index contributed by atoms with van der Waals surface area (Å²) < 4.78 is 2.22. The quantitative estimate of drug-likeness (QED) is 0.703. The predicted octanol–water partition coefficient (Wildman–Crippen LogP) is 3.54. The van der Waals surface area contributed by atoms with Gasteiger partial charge in [-0.1, -0.05) is 48.7 Å². The molecule has 0 atom stereocenters. The molecule has 0 amide bonds. The number of nitrogens with zero attached hydrogens (tertiary/aromatic N) is 2. The summed E-state index contributed by atoms with van der Waals surface area (Å²) in [6, 6.07) is 0. The Balaban J connectivity index is 2.34. The summed E-state index contributed by atoms with van der Waals surface area (Å²) >= 11 is 5.33. The minimum Gasteiger partial charge on any atom is -0.131 e. The molecule has 0 N–H and O–H groups in total. The highest BCUT2D eigenvalue weighted by atomic mass is 32.2. The predicted molar refractivity (Wildman–Crippen MR) is 61.9 cm³/mol. The normalized spacial score (nSPS) is 10.6. The average Bonchev–Trinajstić information content (AvgIpc) is 2.59. The highest BCUT2D eigenvalue weighted by molar-refractivity contribution is 8.03. The molecule has 0 bridgehead atoms. The van der Waals surface area contributed by atoms with Gasteiger partial charge in [0.1, 0.15) is 0 Å². The zero-order valence-corrected chi connectivity index (χ0v) is 10.4. The molecule has 0 aromatic carbocycles. The van der Waals surface area contributed by atoms with Crippen molar-refractivity contribution in [3.05, 3.63) is 0 Å². The second-order valence-electron chi connectivity index (χ2n) is 2.53. The standard InChI is InChI=1S/C8H14N2S3/c1-3-5-11-7-9-10-8(13-7)12-6-4-2/h3-6H2,1-2H3. The third-order valence-corrected chi connectivity index (χ3v) is 4.85. The van der Waals surface area contributed by atoms with E-state index in [1.807, 2.05) is 0 Å². The van der Waals surface area contributed by atoms with Gasteiger partial charge in [-0.15, -0.1) is 10.2 Å². The topological polar surface area (TPSA) is 25.8 Å². The Bertz CT molecular complexity index is 215. The molecule has 0 unspecified atom stereocenters. The van der Waals surface area contributed by atoms with Crippen LogP contribution in [0.5, 0.6) is 0 Å². The maximum absolute atomic E-state index is 4.12. The summed E-state index contributed by atoms with van der Waals surface area (Å²) in [7, 11) is 0. The van der Waals surface area contributed by atoms with E-state index in [1.165, 1.54) is 12.8 Å². The third-order valence-electron chi connectivity index (χ3n) is 1.25. The fourth-order valence-electron chi connectivity index (χ4n) is 0.693. The lowest BCUT2D eigenvalue weighted by Gasteiger charge is -1.90. The molecule has 0 aliphatic rings. The molecule has 74 valence electrons. The Morgan fingerprint density at radius 3 is 1.85 bits per heavy atom. The molecule has 13 heavy (non-hydrogen) atoms. The molecule has 0 fully saturated rings. The summed E-state index contributed by atoms with van der Waals surface area (Å²) in [5, 5.41) is 8.23. The monoisotopic (exact) mass is 234 g/mol. The Labute approximate surface area is 91.9 Å². The number of hydrogen-bond donors (Lipinski definition) is 0. The molecule has 1 heterocycles. The number of rotatable bonds is 6. The first-order chi connectivity index (χ1) is 6.36. The average molecular weight is 234 g/mol. The van der Waals surface area contributed by atoms with E-state index in [9.17, 15) is 0 Å². The van der Waals surface area contributed by atoms with Crippen molar-refractivity contribution in [1.29, 1.82) is 0 Å².